The van der Waals surface area contributed by atoms with Crippen molar-refractivity contribution in [3.05, 3.63) is 273 Å². The molecule has 0 bridgehead atoms. The highest BCUT2D eigenvalue weighted by Crippen LogP contribution is 2.34. The van der Waals surface area contributed by atoms with E-state index in [9.17, 15) is 47.9 Å². The number of rotatable bonds is 33. The number of Topliss-reactive ketones (excluding diaryl/α,β-unsaturated/α-hetero) is 5. The molecular formula is C111H121N15O16S5. The van der Waals surface area contributed by atoms with Crippen LogP contribution >= 0.6 is 56.7 Å². The highest BCUT2D eigenvalue weighted by atomic mass is 32.1. The number of hydrogen-bond acceptors (Lipinski definition) is 31. The van der Waals surface area contributed by atoms with Gasteiger partial charge in [-0.25, -0.2) is 53.8 Å². The lowest BCUT2D eigenvalue weighted by Gasteiger charge is -2.28. The number of benzene rings is 9. The number of aromatic nitrogens is 5. The molecule has 0 N–H and O–H groups in total. The molecule has 2 saturated heterocycles. The van der Waals surface area contributed by atoms with Crippen molar-refractivity contribution < 1.29 is 76.9 Å². The van der Waals surface area contributed by atoms with Crippen LogP contribution in [0.25, 0.3) is 51.1 Å². The van der Waals surface area contributed by atoms with Crippen LogP contribution in [-0.2, 0) is 48.1 Å². The van der Waals surface area contributed by atoms with E-state index in [1.807, 2.05) is 255 Å². The summed E-state index contributed by atoms with van der Waals surface area (Å²) in [6, 6.07) is 74.3. The minimum atomic E-state index is -0.707. The number of carbonyl (C=O) groups is 10. The number of carbonyl (C=O) groups excluding carboxylic acids is 10. The van der Waals surface area contributed by atoms with Gasteiger partial charge in [0.05, 0.1) is 75.7 Å². The van der Waals surface area contributed by atoms with Crippen LogP contribution in [0.2, 0.25) is 0 Å². The summed E-state index contributed by atoms with van der Waals surface area (Å²) in [5.41, 5.74) is 6.02. The Labute approximate surface area is 874 Å². The van der Waals surface area contributed by atoms with Crippen molar-refractivity contribution in [1.29, 1.82) is 0 Å². The smallest absolute Gasteiger partial charge is 0.378 e. The Morgan fingerprint density at radius 2 is 0.748 bits per heavy atom. The molecule has 16 rings (SSSR count). The lowest BCUT2D eigenvalue weighted by Crippen LogP contribution is -2.42. The summed E-state index contributed by atoms with van der Waals surface area (Å²) in [6.07, 6.45) is 8.60. The number of amides is 5. The molecule has 0 aliphatic carbocycles. The Hall–Kier alpha value is -14.6. The van der Waals surface area contributed by atoms with E-state index in [4.69, 9.17) is 28.9 Å². The van der Waals surface area contributed by atoms with Crippen molar-refractivity contribution in [3.8, 4) is 0 Å². The standard InChI is InChI=1S/C30H31N3O3S.C23H25N3O3S.C20H17N3O4S.C19H23N3O3S.C19H25N3O3S/c1-3-5-14-22(4-2)21-26(34)28(29-31-25-19-12-13-20-27(25)37-29)32-36-30(35)33(23-15-8-6-9-16-23)24-17-10-7-11-18-24;1-3-4-5-9-15-19(27)21(22-24-18-14-10-11-16-20(18)30-22)25-29-23(28)26(2)17-12-7-6-8-13-17;24-18(14-6-2-1-3-7-14)17(19-21-15-8-4-5-9-16(15)28-19)22-27-20(25)23-10-12-26-13-11-23;1-19(2,3)16(23)15(17-20-13-9-5-6-10-14(13)26-17)21-25-18(24)22-11-7-4-8-12-22;1-11(2)17(23)16(18-20-14-9-7-8-10-15(14)26-18)21-25-19(24)22(12(3)4)13(5)6/h6-13,15-20,22H,3-5,14,21H2,1-2H3;6-8,10-14,16H,3-5,9,15H2,1-2H3;1-9H,10-13H2;5-6,9-10H,4,7-8,11-12H2,1-3H3;7-13H,1-6H3/b32-28+;25-21+;22-17+;21-15+;21-16+. The summed E-state index contributed by atoms with van der Waals surface area (Å²) in [5.74, 6) is -1.14. The van der Waals surface area contributed by atoms with Gasteiger partial charge in [0.2, 0.25) is 5.78 Å². The molecular weight excluding hydrogens is 1960 g/mol. The number of anilines is 3. The normalized spacial score (nSPS) is 13.3. The molecule has 1 atom stereocenters. The van der Waals surface area contributed by atoms with E-state index < -0.39 is 35.9 Å². The third-order valence-electron chi connectivity index (χ3n) is 23.1. The number of para-hydroxylation sites is 8. The van der Waals surface area contributed by atoms with Crippen molar-refractivity contribution in [1.82, 2.24) is 39.6 Å². The Kier molecular flexibility index (Phi) is 42.1. The van der Waals surface area contributed by atoms with Gasteiger partial charge in [-0.05, 0) is 156 Å². The van der Waals surface area contributed by atoms with Crippen LogP contribution in [-0.4, -0.2) is 186 Å². The molecule has 14 aromatic rings. The van der Waals surface area contributed by atoms with Crippen molar-refractivity contribution in [2.45, 2.75) is 179 Å². The summed E-state index contributed by atoms with van der Waals surface area (Å²) < 4.78 is 9.95. The molecule has 2 aliphatic rings. The lowest BCUT2D eigenvalue weighted by atomic mass is 9.88. The Morgan fingerprint density at radius 1 is 0.388 bits per heavy atom. The Morgan fingerprint density at radius 3 is 1.16 bits per heavy atom. The zero-order valence-corrected chi connectivity index (χ0v) is 88.7. The van der Waals surface area contributed by atoms with Crippen LogP contribution in [0.1, 0.15) is 202 Å². The predicted octanol–water partition coefficient (Wildman–Crippen LogP) is 26.0. The quantitative estimate of drug-likeness (QED) is 0.0121. The fourth-order valence-electron chi connectivity index (χ4n) is 15.1. The zero-order chi connectivity index (χ0) is 105. The summed E-state index contributed by atoms with van der Waals surface area (Å²) in [5, 5.41) is 22.2. The van der Waals surface area contributed by atoms with Crippen LogP contribution in [0, 0.1) is 17.3 Å². The monoisotopic (exact) mass is 2080 g/mol. The SMILES string of the molecule is CC(C)(C)C(=O)/C(=N\OC(=O)N1CCCCC1)c1nc2ccccc2s1.CC(C)C(=O)/C(=N\OC(=O)N(C(C)C)C(C)C)c1nc2ccccc2s1.CCCCC(CC)CC(=O)/C(=N\OC(=O)N(c1ccccc1)c1ccccc1)c1nc2ccccc2s1.CCCCCCC(=O)/C(=N\OC(=O)N(C)c1ccccc1)c1nc2ccccc2s1.O=C(/C(=N\OC(=O)N1CCOCC1)c1nc2ccccc2s1)c1ccccc1. The number of oxime groups is 5. The average molecular weight is 2080 g/mol. The minimum Gasteiger partial charge on any atom is -0.378 e. The number of thiazole rings is 5. The topological polar surface area (TPSA) is 369 Å². The van der Waals surface area contributed by atoms with Crippen LogP contribution in [0.15, 0.2) is 268 Å². The number of nitrogens with zero attached hydrogens (tertiary/aromatic N) is 15. The maximum Gasteiger partial charge on any atom is 0.445 e. The Balaban J connectivity index is 0.000000164. The van der Waals surface area contributed by atoms with Gasteiger partial charge in [-0.1, -0.05) is 272 Å². The molecule has 36 heteroatoms. The van der Waals surface area contributed by atoms with Crippen molar-refractivity contribution >= 4 is 213 Å². The highest BCUT2D eigenvalue weighted by Gasteiger charge is 2.34. The fraction of sp³-hybridized carbons (Fsp3) is 0.333. The van der Waals surface area contributed by atoms with E-state index in [-0.39, 0.29) is 81.4 Å². The highest BCUT2D eigenvalue weighted by molar-refractivity contribution is 7.22. The van der Waals surface area contributed by atoms with E-state index in [1.165, 1.54) is 71.4 Å². The zero-order valence-electron chi connectivity index (χ0n) is 84.6. The van der Waals surface area contributed by atoms with Crippen LogP contribution < -0.4 is 9.80 Å². The Bertz CT molecular complexity index is 6770. The second-order valence-electron chi connectivity index (χ2n) is 36.1. The lowest BCUT2D eigenvalue weighted by molar-refractivity contribution is -0.119. The van der Waals surface area contributed by atoms with Gasteiger partial charge in [-0.15, -0.1) is 56.7 Å². The number of hydrogen-bond donors (Lipinski definition) is 0. The predicted molar refractivity (Wildman–Crippen MR) is 585 cm³/mol. The molecule has 9 aromatic carbocycles. The molecule has 0 radical (unpaired) electrons. The largest absolute Gasteiger partial charge is 0.445 e. The van der Waals surface area contributed by atoms with E-state index in [1.54, 1.807) is 67.1 Å². The van der Waals surface area contributed by atoms with Gasteiger partial charge in [0.15, 0.2) is 56.7 Å². The van der Waals surface area contributed by atoms with Crippen LogP contribution in [0.3, 0.4) is 0 Å². The van der Waals surface area contributed by atoms with Crippen molar-refractivity contribution in [2.24, 2.45) is 43.0 Å². The molecule has 0 spiro atoms. The van der Waals surface area contributed by atoms with E-state index in [0.29, 0.717) is 99.9 Å². The van der Waals surface area contributed by atoms with Gasteiger partial charge in [0.25, 0.3) is 0 Å². The molecule has 147 heavy (non-hydrogen) atoms. The van der Waals surface area contributed by atoms with E-state index >= 15 is 0 Å². The van der Waals surface area contributed by atoms with Crippen LogP contribution in [0.4, 0.5) is 41.0 Å². The van der Waals surface area contributed by atoms with Gasteiger partial charge in [0.1, 0.15) is 20.0 Å². The van der Waals surface area contributed by atoms with Gasteiger partial charge < -0.3 is 19.4 Å². The van der Waals surface area contributed by atoms with Gasteiger partial charge in [-0.2, -0.15) is 0 Å². The number of ketones is 5. The number of unbranched alkanes of at least 4 members (excludes halogenated alkanes) is 4. The molecule has 5 amide bonds. The van der Waals surface area contributed by atoms with E-state index in [0.717, 1.165) is 122 Å². The number of morpholine rings is 1. The number of piperidine rings is 1. The summed E-state index contributed by atoms with van der Waals surface area (Å²) in [6.45, 7) is 26.0. The van der Waals surface area contributed by atoms with Gasteiger partial charge >= 0.3 is 30.5 Å². The van der Waals surface area contributed by atoms with Crippen molar-refractivity contribution in [3.63, 3.8) is 0 Å². The van der Waals surface area contributed by atoms with Crippen molar-refractivity contribution in [2.75, 3.05) is 56.2 Å². The second kappa shape index (κ2) is 55.7. The number of fused-ring (bicyclic) bond motifs is 5. The molecule has 7 heterocycles. The fourth-order valence-corrected chi connectivity index (χ4v) is 19.9. The minimum absolute atomic E-state index is 0.00834. The van der Waals surface area contributed by atoms with Crippen LogP contribution in [0.5, 0.6) is 0 Å². The molecule has 0 saturated carbocycles. The maximum atomic E-state index is 13.5. The molecule has 2 aliphatic heterocycles. The molecule has 2 fully saturated rings. The maximum absolute atomic E-state index is 13.5. The number of ether oxygens (including phenoxy) is 1. The first-order chi connectivity index (χ1) is 71.0. The summed E-state index contributed by atoms with van der Waals surface area (Å²) in [7, 11) is 1.59. The third-order valence-corrected chi connectivity index (χ3v) is 28.3. The van der Waals surface area contributed by atoms with Gasteiger partial charge in [0, 0.05) is 80.7 Å². The first kappa shape index (κ1) is 111. The first-order valence-electron chi connectivity index (χ1n) is 49.1. The molecule has 5 aromatic heterocycles. The van der Waals surface area contributed by atoms with Gasteiger partial charge in [-0.3, -0.25) is 53.1 Å². The molecule has 1 unspecified atom stereocenters. The summed E-state index contributed by atoms with van der Waals surface area (Å²) >= 11 is 6.79. The molecule has 31 nitrogen and oxygen atoms in total. The summed E-state index contributed by atoms with van der Waals surface area (Å²) in [4.78, 5) is 184. The third kappa shape index (κ3) is 31.7. The van der Waals surface area contributed by atoms with E-state index in [2.05, 4.69) is 71.5 Å². The first-order valence-corrected chi connectivity index (χ1v) is 53.1. The second-order valence-corrected chi connectivity index (χ2v) is 41.3. The number of likely N-dealkylation sites (tertiary alicyclic amines) is 1. The average Bonchev–Trinajstić information content (AvgIpc) is 1.43. The molecule has 766 valence electrons.